The molecule has 1 aromatic rings. The quantitative estimate of drug-likeness (QED) is 0.844. The first-order valence-corrected chi connectivity index (χ1v) is 6.29. The van der Waals surface area contributed by atoms with Crippen molar-refractivity contribution < 1.29 is 0 Å². The van der Waals surface area contributed by atoms with Gasteiger partial charge in [-0.3, -0.25) is 0 Å². The fraction of sp³-hybridized carbons (Fsp3) is 0.333. The zero-order valence-electron chi connectivity index (χ0n) is 6.89. The van der Waals surface area contributed by atoms with Gasteiger partial charge in [-0.2, -0.15) is 0 Å². The predicted molar refractivity (Wildman–Crippen MR) is 62.4 cm³/mol. The van der Waals surface area contributed by atoms with E-state index in [2.05, 4.69) is 27.3 Å². The SMILES string of the molecule is Clc1ccc(C2NCCS2)c(Br)c1. The van der Waals surface area contributed by atoms with Crippen LogP contribution in [0, 0.1) is 0 Å². The Balaban J connectivity index is 2.29. The molecule has 1 fully saturated rings. The summed E-state index contributed by atoms with van der Waals surface area (Å²) in [4.78, 5) is 0. The Kier molecular flexibility index (Phi) is 3.19. The molecule has 1 aromatic carbocycles. The molecule has 1 aliphatic heterocycles. The second-order valence-electron chi connectivity index (χ2n) is 2.87. The molecule has 1 N–H and O–H groups in total. The van der Waals surface area contributed by atoms with E-state index in [9.17, 15) is 0 Å². The molecule has 0 radical (unpaired) electrons. The van der Waals surface area contributed by atoms with Gasteiger partial charge >= 0.3 is 0 Å². The monoisotopic (exact) mass is 277 g/mol. The van der Waals surface area contributed by atoms with E-state index in [1.807, 2.05) is 23.9 Å². The van der Waals surface area contributed by atoms with Crippen LogP contribution >= 0.6 is 39.3 Å². The number of thioether (sulfide) groups is 1. The zero-order valence-corrected chi connectivity index (χ0v) is 10.0. The van der Waals surface area contributed by atoms with Crippen LogP contribution < -0.4 is 5.32 Å². The van der Waals surface area contributed by atoms with Crippen LogP contribution in [0.3, 0.4) is 0 Å². The van der Waals surface area contributed by atoms with Crippen LogP contribution in [0.4, 0.5) is 0 Å². The van der Waals surface area contributed by atoms with Crippen LogP contribution in [-0.4, -0.2) is 12.3 Å². The number of benzene rings is 1. The Morgan fingerprint density at radius 1 is 1.54 bits per heavy atom. The van der Waals surface area contributed by atoms with Crippen molar-refractivity contribution in [3.63, 3.8) is 0 Å². The summed E-state index contributed by atoms with van der Waals surface area (Å²) < 4.78 is 1.09. The Morgan fingerprint density at radius 2 is 2.38 bits per heavy atom. The molecule has 0 spiro atoms. The molecule has 1 nitrogen and oxygen atoms in total. The Hall–Kier alpha value is 0.300. The topological polar surface area (TPSA) is 12.0 Å². The number of hydrogen-bond acceptors (Lipinski definition) is 2. The lowest BCUT2D eigenvalue weighted by atomic mass is 10.2. The van der Waals surface area contributed by atoms with Crippen molar-refractivity contribution in [3.8, 4) is 0 Å². The number of hydrogen-bond donors (Lipinski definition) is 1. The van der Waals surface area contributed by atoms with Gasteiger partial charge in [0.1, 0.15) is 0 Å². The van der Waals surface area contributed by atoms with Gasteiger partial charge in [-0.05, 0) is 17.7 Å². The largest absolute Gasteiger partial charge is 0.301 e. The molecular weight excluding hydrogens is 270 g/mol. The molecule has 0 amide bonds. The molecule has 1 saturated heterocycles. The zero-order chi connectivity index (χ0) is 9.26. The summed E-state index contributed by atoms with van der Waals surface area (Å²) >= 11 is 11.3. The molecule has 0 bridgehead atoms. The van der Waals surface area contributed by atoms with Gasteiger partial charge in [-0.1, -0.05) is 33.6 Å². The van der Waals surface area contributed by atoms with Crippen molar-refractivity contribution in [2.24, 2.45) is 0 Å². The first-order valence-electron chi connectivity index (χ1n) is 4.07. The molecular formula is C9H9BrClNS. The molecule has 0 aromatic heterocycles. The summed E-state index contributed by atoms with van der Waals surface area (Å²) in [6, 6.07) is 5.95. The highest BCUT2D eigenvalue weighted by Crippen LogP contribution is 2.35. The molecule has 1 aliphatic rings. The maximum atomic E-state index is 5.87. The maximum absolute atomic E-state index is 5.87. The van der Waals surface area contributed by atoms with E-state index in [1.54, 1.807) is 0 Å². The average Bonchev–Trinajstić information content (AvgIpc) is 2.56. The van der Waals surface area contributed by atoms with E-state index in [4.69, 9.17) is 11.6 Å². The predicted octanol–water partition coefficient (Wildman–Crippen LogP) is 3.44. The van der Waals surface area contributed by atoms with Crippen molar-refractivity contribution >= 4 is 39.3 Å². The normalized spacial score (nSPS) is 22.2. The van der Waals surface area contributed by atoms with Crippen molar-refractivity contribution in [2.75, 3.05) is 12.3 Å². The third kappa shape index (κ3) is 2.21. The van der Waals surface area contributed by atoms with Gasteiger partial charge in [0.15, 0.2) is 0 Å². The molecule has 4 heteroatoms. The highest BCUT2D eigenvalue weighted by Gasteiger charge is 2.18. The van der Waals surface area contributed by atoms with Crippen molar-refractivity contribution in [3.05, 3.63) is 33.3 Å². The summed E-state index contributed by atoms with van der Waals surface area (Å²) in [5, 5.41) is 4.62. The first-order chi connectivity index (χ1) is 6.27. The first kappa shape index (κ1) is 9.84. The van der Waals surface area contributed by atoms with E-state index in [1.165, 1.54) is 11.3 Å². The fourth-order valence-corrected chi connectivity index (χ4v) is 3.49. The maximum Gasteiger partial charge on any atom is 0.0801 e. The standard InChI is InChI=1S/C9H9BrClNS/c10-8-5-6(11)1-2-7(8)9-12-3-4-13-9/h1-2,5,9,12H,3-4H2. The van der Waals surface area contributed by atoms with Crippen LogP contribution in [-0.2, 0) is 0 Å². The summed E-state index contributed by atoms with van der Waals surface area (Å²) in [6.45, 7) is 1.09. The van der Waals surface area contributed by atoms with Gasteiger partial charge in [-0.15, -0.1) is 11.8 Å². The second-order valence-corrected chi connectivity index (χ2v) is 5.37. The van der Waals surface area contributed by atoms with Gasteiger partial charge in [0, 0.05) is 21.8 Å². The molecule has 13 heavy (non-hydrogen) atoms. The summed E-state index contributed by atoms with van der Waals surface area (Å²) in [7, 11) is 0. The van der Waals surface area contributed by atoms with E-state index in [-0.39, 0.29) is 0 Å². The summed E-state index contributed by atoms with van der Waals surface area (Å²) in [6.07, 6.45) is 0. The summed E-state index contributed by atoms with van der Waals surface area (Å²) in [5.74, 6) is 1.18. The molecule has 0 saturated carbocycles. The third-order valence-corrected chi connectivity index (χ3v) is 4.08. The van der Waals surface area contributed by atoms with Crippen LogP contribution in [0.5, 0.6) is 0 Å². The van der Waals surface area contributed by atoms with E-state index < -0.39 is 0 Å². The fourth-order valence-electron chi connectivity index (χ4n) is 1.34. The number of rotatable bonds is 1. The average molecular weight is 279 g/mol. The van der Waals surface area contributed by atoms with Crippen molar-refractivity contribution in [1.82, 2.24) is 5.32 Å². The molecule has 1 heterocycles. The second kappa shape index (κ2) is 4.22. The van der Waals surface area contributed by atoms with E-state index >= 15 is 0 Å². The van der Waals surface area contributed by atoms with E-state index in [0.717, 1.165) is 16.0 Å². The van der Waals surface area contributed by atoms with Gasteiger partial charge in [0.25, 0.3) is 0 Å². The lowest BCUT2D eigenvalue weighted by Crippen LogP contribution is -2.12. The summed E-state index contributed by atoms with van der Waals surface area (Å²) in [5.41, 5.74) is 1.28. The Morgan fingerprint density at radius 3 is 3.00 bits per heavy atom. The smallest absolute Gasteiger partial charge is 0.0801 e. The van der Waals surface area contributed by atoms with Crippen LogP contribution in [0.25, 0.3) is 0 Å². The molecule has 70 valence electrons. The minimum absolute atomic E-state index is 0.423. The molecule has 2 rings (SSSR count). The molecule has 1 atom stereocenters. The third-order valence-electron chi connectivity index (χ3n) is 1.96. The van der Waals surface area contributed by atoms with Crippen LogP contribution in [0.1, 0.15) is 10.9 Å². The van der Waals surface area contributed by atoms with Crippen LogP contribution in [0.15, 0.2) is 22.7 Å². The van der Waals surface area contributed by atoms with Gasteiger partial charge in [0.05, 0.1) is 5.37 Å². The minimum atomic E-state index is 0.423. The van der Waals surface area contributed by atoms with Gasteiger partial charge in [-0.25, -0.2) is 0 Å². The molecule has 1 unspecified atom stereocenters. The van der Waals surface area contributed by atoms with Crippen LogP contribution in [0.2, 0.25) is 5.02 Å². The Bertz CT molecular complexity index is 312. The molecule has 0 aliphatic carbocycles. The van der Waals surface area contributed by atoms with Gasteiger partial charge < -0.3 is 5.32 Å². The highest BCUT2D eigenvalue weighted by molar-refractivity contribution is 9.10. The van der Waals surface area contributed by atoms with Crippen molar-refractivity contribution in [1.29, 1.82) is 0 Å². The van der Waals surface area contributed by atoms with Gasteiger partial charge in [0.2, 0.25) is 0 Å². The van der Waals surface area contributed by atoms with Crippen molar-refractivity contribution in [2.45, 2.75) is 5.37 Å². The highest BCUT2D eigenvalue weighted by atomic mass is 79.9. The lowest BCUT2D eigenvalue weighted by molar-refractivity contribution is 0.748. The minimum Gasteiger partial charge on any atom is -0.301 e. The van der Waals surface area contributed by atoms with E-state index in [0.29, 0.717) is 5.37 Å². The lowest BCUT2D eigenvalue weighted by Gasteiger charge is -2.11. The number of halogens is 2. The Labute approximate surface area is 95.4 Å². The number of nitrogens with one attached hydrogen (secondary N) is 1.